The molecule has 4 N–H and O–H groups in total. The molecule has 0 fully saturated rings. The molecule has 0 bridgehead atoms. The second-order valence-corrected chi connectivity index (χ2v) is 11.2. The molecular formula is C35H43F2N3O3. The summed E-state index contributed by atoms with van der Waals surface area (Å²) in [5, 5.41) is 14.9. The molecule has 3 atom stereocenters. The number of carbonyl (C=O) groups excluding carboxylic acids is 2. The van der Waals surface area contributed by atoms with Crippen molar-refractivity contribution in [2.45, 2.75) is 65.5 Å². The predicted octanol–water partition coefficient (Wildman–Crippen LogP) is 4.85. The lowest BCUT2D eigenvalue weighted by Crippen LogP contribution is -2.51. The van der Waals surface area contributed by atoms with Gasteiger partial charge < -0.3 is 21.1 Å². The summed E-state index contributed by atoms with van der Waals surface area (Å²) in [5.74, 6) is -1.02. The van der Waals surface area contributed by atoms with Crippen LogP contribution in [0.4, 0.5) is 8.78 Å². The van der Waals surface area contributed by atoms with Gasteiger partial charge in [0.15, 0.2) is 0 Å². The van der Waals surface area contributed by atoms with Crippen LogP contribution in [0.25, 0.3) is 0 Å². The molecule has 6 nitrogen and oxygen atoms in total. The number of aliphatic hydroxyl groups excluding tert-OH is 1. The third-order valence-corrected chi connectivity index (χ3v) is 7.99. The number of nitrogens with two attached hydrogens (primary N) is 1. The summed E-state index contributed by atoms with van der Waals surface area (Å²) in [5.41, 5.74) is 7.53. The van der Waals surface area contributed by atoms with Gasteiger partial charge in [0.25, 0.3) is 0 Å². The molecule has 1 unspecified atom stereocenters. The summed E-state index contributed by atoms with van der Waals surface area (Å²) in [4.78, 5) is 28.9. The van der Waals surface area contributed by atoms with Crippen molar-refractivity contribution in [2.75, 3.05) is 19.6 Å². The Morgan fingerprint density at radius 2 is 1.72 bits per heavy atom. The summed E-state index contributed by atoms with van der Waals surface area (Å²) >= 11 is 0. The number of primary amides is 1. The number of carbonyl (C=O) groups is 2. The Morgan fingerprint density at radius 3 is 2.30 bits per heavy atom. The molecule has 1 aliphatic rings. The number of aryl methyl sites for hydroxylation is 1. The quantitative estimate of drug-likeness (QED) is 0.258. The molecule has 0 radical (unpaired) electrons. The highest BCUT2D eigenvalue weighted by Crippen LogP contribution is 2.44. The van der Waals surface area contributed by atoms with E-state index < -0.39 is 35.0 Å². The molecule has 2 aromatic carbocycles. The van der Waals surface area contributed by atoms with E-state index in [1.54, 1.807) is 11.0 Å². The van der Waals surface area contributed by atoms with E-state index in [1.807, 2.05) is 32.0 Å². The van der Waals surface area contributed by atoms with Crippen molar-refractivity contribution in [3.8, 4) is 12.3 Å². The van der Waals surface area contributed by atoms with Gasteiger partial charge in [-0.25, -0.2) is 8.78 Å². The van der Waals surface area contributed by atoms with Crippen LogP contribution < -0.4 is 11.1 Å². The first-order valence-corrected chi connectivity index (χ1v) is 15.0. The van der Waals surface area contributed by atoms with Gasteiger partial charge in [-0.15, -0.1) is 6.42 Å². The zero-order chi connectivity index (χ0) is 31.6. The lowest BCUT2D eigenvalue weighted by molar-refractivity contribution is -0.132. The van der Waals surface area contributed by atoms with Crippen LogP contribution in [0.2, 0.25) is 0 Å². The van der Waals surface area contributed by atoms with Crippen molar-refractivity contribution < 1.29 is 23.5 Å². The molecule has 2 aromatic rings. The summed E-state index contributed by atoms with van der Waals surface area (Å²) < 4.78 is 28.5. The lowest BCUT2D eigenvalue weighted by atomic mass is 9.63. The highest BCUT2D eigenvalue weighted by atomic mass is 19.1. The van der Waals surface area contributed by atoms with Crippen LogP contribution in [0.3, 0.4) is 0 Å². The third kappa shape index (κ3) is 8.62. The average Bonchev–Trinajstić information content (AvgIpc) is 2.98. The maximum absolute atomic E-state index is 14.2. The number of benzene rings is 2. The van der Waals surface area contributed by atoms with Gasteiger partial charge in [-0.1, -0.05) is 57.0 Å². The van der Waals surface area contributed by atoms with Crippen LogP contribution in [0.15, 0.2) is 65.8 Å². The summed E-state index contributed by atoms with van der Waals surface area (Å²) in [6, 6.07) is 11.1. The number of halogens is 2. The van der Waals surface area contributed by atoms with Crippen molar-refractivity contribution >= 4 is 11.8 Å². The first-order chi connectivity index (χ1) is 20.6. The van der Waals surface area contributed by atoms with Crippen LogP contribution in [0.5, 0.6) is 0 Å². The lowest BCUT2D eigenvalue weighted by Gasteiger charge is -2.41. The minimum absolute atomic E-state index is 0.0534. The van der Waals surface area contributed by atoms with Gasteiger partial charge in [0.1, 0.15) is 11.6 Å². The van der Waals surface area contributed by atoms with E-state index in [9.17, 15) is 23.5 Å². The number of rotatable bonds is 15. The topological polar surface area (TPSA) is 95.7 Å². The average molecular weight is 592 g/mol. The monoisotopic (exact) mass is 591 g/mol. The minimum Gasteiger partial charge on any atom is -0.391 e. The zero-order valence-corrected chi connectivity index (χ0v) is 25.3. The first-order valence-electron chi connectivity index (χ1n) is 15.0. The molecule has 3 rings (SSSR count). The van der Waals surface area contributed by atoms with E-state index in [2.05, 4.69) is 24.2 Å². The normalized spacial score (nSPS) is 17.8. The van der Waals surface area contributed by atoms with Crippen LogP contribution in [0, 0.1) is 35.3 Å². The SMILES string of the molecule is C#CC1=CC(C(N)=O)([C@H](Cc2cc(F)cc(F)c2)[C@@H](O)CNCc2cccc(CC)c2)CC(C(=O)N(CCC)CCC)=C1. The number of nitrogens with one attached hydrogen (secondary N) is 1. The van der Waals surface area contributed by atoms with E-state index >= 15 is 0 Å². The molecular weight excluding hydrogens is 548 g/mol. The predicted molar refractivity (Wildman–Crippen MR) is 165 cm³/mol. The molecule has 230 valence electrons. The molecule has 2 amide bonds. The minimum atomic E-state index is -1.60. The highest BCUT2D eigenvalue weighted by Gasteiger charge is 2.48. The number of terminal acetylenes is 1. The molecule has 0 aromatic heterocycles. The van der Waals surface area contributed by atoms with Gasteiger partial charge in [0, 0.05) is 49.3 Å². The first kappa shape index (κ1) is 33.7. The van der Waals surface area contributed by atoms with Crippen molar-refractivity contribution in [2.24, 2.45) is 17.1 Å². The molecule has 8 heteroatoms. The van der Waals surface area contributed by atoms with Crippen molar-refractivity contribution in [1.82, 2.24) is 10.2 Å². The Labute approximate surface area is 254 Å². The Balaban J connectivity index is 2.02. The van der Waals surface area contributed by atoms with Crippen LogP contribution >= 0.6 is 0 Å². The van der Waals surface area contributed by atoms with Gasteiger partial charge in [0.05, 0.1) is 11.5 Å². The van der Waals surface area contributed by atoms with Gasteiger partial charge in [-0.05, 0) is 67.0 Å². The maximum Gasteiger partial charge on any atom is 0.249 e. The summed E-state index contributed by atoms with van der Waals surface area (Å²) in [7, 11) is 0. The molecule has 43 heavy (non-hydrogen) atoms. The second-order valence-electron chi connectivity index (χ2n) is 11.2. The number of amides is 2. The van der Waals surface area contributed by atoms with Crippen LogP contribution in [-0.2, 0) is 29.0 Å². The number of aliphatic hydroxyl groups is 1. The van der Waals surface area contributed by atoms with E-state index in [-0.39, 0.29) is 36.4 Å². The largest absolute Gasteiger partial charge is 0.391 e. The molecule has 0 heterocycles. The van der Waals surface area contributed by atoms with E-state index in [0.29, 0.717) is 25.2 Å². The molecule has 0 saturated heterocycles. The standard InChI is InChI=1S/C35H43F2N3O3/c1-5-12-40(13-6-2)33(42)28-15-25(8-4)20-35(21-28,34(38)43)31(18-27-16-29(36)19-30(37)17-27)32(41)23-39-22-26-11-9-10-24(7-3)14-26/h4,9-11,14-17,19-20,31-32,39,41H,5-7,12-13,18,21-23H2,1-3H3,(H2,38,43)/t31-,32+,35?/m1/s1. The zero-order valence-electron chi connectivity index (χ0n) is 25.3. The Kier molecular flexibility index (Phi) is 12.2. The fourth-order valence-electron chi connectivity index (χ4n) is 5.89. The summed E-state index contributed by atoms with van der Waals surface area (Å²) in [6.07, 6.45) is 9.92. The van der Waals surface area contributed by atoms with E-state index in [1.165, 1.54) is 23.8 Å². The van der Waals surface area contributed by atoms with Gasteiger partial charge in [-0.2, -0.15) is 0 Å². The highest BCUT2D eigenvalue weighted by molar-refractivity contribution is 5.97. The Morgan fingerprint density at radius 1 is 1.07 bits per heavy atom. The third-order valence-electron chi connectivity index (χ3n) is 7.99. The number of allylic oxidation sites excluding steroid dienone is 2. The molecule has 1 aliphatic carbocycles. The maximum atomic E-state index is 14.2. The summed E-state index contributed by atoms with van der Waals surface area (Å²) in [6.45, 7) is 7.58. The van der Waals surface area contributed by atoms with Gasteiger partial charge >= 0.3 is 0 Å². The van der Waals surface area contributed by atoms with Crippen molar-refractivity contribution in [3.05, 3.63) is 94.1 Å². The molecule has 0 spiro atoms. The van der Waals surface area contributed by atoms with Crippen LogP contribution in [0.1, 0.15) is 56.7 Å². The fourth-order valence-corrected chi connectivity index (χ4v) is 5.89. The number of hydrogen-bond acceptors (Lipinski definition) is 4. The van der Waals surface area contributed by atoms with Crippen molar-refractivity contribution in [1.29, 1.82) is 0 Å². The fraction of sp³-hybridized carbons (Fsp3) is 0.429. The Hall–Kier alpha value is -3.80. The smallest absolute Gasteiger partial charge is 0.249 e. The van der Waals surface area contributed by atoms with Gasteiger partial charge in [0.2, 0.25) is 11.8 Å². The van der Waals surface area contributed by atoms with Crippen molar-refractivity contribution in [3.63, 3.8) is 0 Å². The second kappa shape index (κ2) is 15.6. The van der Waals surface area contributed by atoms with Gasteiger partial charge in [-0.3, -0.25) is 9.59 Å². The van der Waals surface area contributed by atoms with E-state index in [0.717, 1.165) is 30.9 Å². The van der Waals surface area contributed by atoms with Crippen LogP contribution in [-0.4, -0.2) is 47.6 Å². The molecule has 0 saturated carbocycles. The molecule has 0 aliphatic heterocycles. The number of nitrogens with zero attached hydrogens (tertiary/aromatic N) is 1. The Bertz CT molecular complexity index is 1370. The van der Waals surface area contributed by atoms with E-state index in [4.69, 9.17) is 12.2 Å². The number of hydrogen-bond donors (Lipinski definition) is 3.